The van der Waals surface area contributed by atoms with Crippen molar-refractivity contribution in [3.63, 3.8) is 0 Å². The molecular formula is C24H43MgN5O9. The van der Waals surface area contributed by atoms with Crippen LogP contribution in [0.15, 0.2) is 48.5 Å². The second-order valence-corrected chi connectivity index (χ2v) is 8.13. The number of benzene rings is 2. The van der Waals surface area contributed by atoms with Crippen LogP contribution in [0.25, 0.3) is 22.5 Å². The standard InChI is InChI=1S/C24H29N5O3.Mg.6H2O.2H/c1-4-5-10-21(30)29(22(16(2)3)24(31)32)15-17-11-13-18(14-12-17)19-8-6-7-9-20(19)23-25-27-28-26-23;;;;;;;;;/h6-9,11-14,16,22H,4-5,10,15H2,1-3H3,(H,31,32)(H,25,26,27,28);;6*1H2;;/q;+2;;;;;;;2*-1/t22-;;;;;;;;;/m0........./s1. The minimum Gasteiger partial charge on any atom is -1.00 e. The molecule has 0 fully saturated rings. The molecule has 0 aliphatic rings. The van der Waals surface area contributed by atoms with Crippen molar-refractivity contribution in [3.8, 4) is 22.5 Å². The van der Waals surface area contributed by atoms with E-state index in [1.807, 2.05) is 69.3 Å². The number of amides is 1. The van der Waals surface area contributed by atoms with Crippen molar-refractivity contribution in [3.05, 3.63) is 54.1 Å². The molecule has 3 aromatic rings. The summed E-state index contributed by atoms with van der Waals surface area (Å²) in [5, 5.41) is 24.0. The average molecular weight is 570 g/mol. The predicted octanol–water partition coefficient (Wildman–Crippen LogP) is -0.942. The Kier molecular flexibility index (Phi) is 25.7. The Morgan fingerprint density at radius 2 is 1.51 bits per heavy atom. The van der Waals surface area contributed by atoms with Gasteiger partial charge >= 0.3 is 29.0 Å². The van der Waals surface area contributed by atoms with Crippen LogP contribution in [0.5, 0.6) is 0 Å². The number of hydrogen-bond acceptors (Lipinski definition) is 5. The monoisotopic (exact) mass is 569 g/mol. The van der Waals surface area contributed by atoms with E-state index in [-0.39, 0.29) is 77.1 Å². The number of carbonyl (C=O) groups excluding carboxylic acids is 1. The normalized spacial score (nSPS) is 9.85. The Hall–Kier alpha value is -3.02. The molecule has 14 N–H and O–H groups in total. The molecule has 0 saturated carbocycles. The van der Waals surface area contributed by atoms with E-state index in [9.17, 15) is 14.7 Å². The third-order valence-corrected chi connectivity index (χ3v) is 5.42. The van der Waals surface area contributed by atoms with E-state index < -0.39 is 12.0 Å². The summed E-state index contributed by atoms with van der Waals surface area (Å²) in [5.41, 5.74) is 3.66. The fraction of sp³-hybridized carbons (Fsp3) is 0.375. The summed E-state index contributed by atoms with van der Waals surface area (Å²) < 4.78 is 0. The number of hydrogen-bond donors (Lipinski definition) is 2. The van der Waals surface area contributed by atoms with Gasteiger partial charge in [0, 0.05) is 18.5 Å². The van der Waals surface area contributed by atoms with Crippen molar-refractivity contribution in [1.29, 1.82) is 0 Å². The summed E-state index contributed by atoms with van der Waals surface area (Å²) in [6.07, 6.45) is 1.97. The maximum atomic E-state index is 12.9. The molecule has 14 nitrogen and oxygen atoms in total. The number of carbonyl (C=O) groups is 2. The summed E-state index contributed by atoms with van der Waals surface area (Å²) >= 11 is 0. The number of nitrogens with one attached hydrogen (secondary N) is 1. The van der Waals surface area contributed by atoms with Gasteiger partial charge in [0.15, 0.2) is 0 Å². The molecule has 39 heavy (non-hydrogen) atoms. The summed E-state index contributed by atoms with van der Waals surface area (Å²) in [6.45, 7) is 5.93. The topological polar surface area (TPSA) is 301 Å². The van der Waals surface area contributed by atoms with Gasteiger partial charge in [0.25, 0.3) is 0 Å². The van der Waals surface area contributed by atoms with Gasteiger partial charge in [-0.05, 0) is 34.2 Å². The first-order chi connectivity index (χ1) is 15.4. The maximum absolute atomic E-state index is 12.9. The zero-order valence-electron chi connectivity index (χ0n) is 24.4. The van der Waals surface area contributed by atoms with Crippen LogP contribution in [0.2, 0.25) is 0 Å². The van der Waals surface area contributed by atoms with Crippen molar-refractivity contribution in [1.82, 2.24) is 25.5 Å². The van der Waals surface area contributed by atoms with Crippen LogP contribution < -0.4 is 0 Å². The molecule has 3 rings (SSSR count). The minimum atomic E-state index is -0.976. The first-order valence-electron chi connectivity index (χ1n) is 10.9. The van der Waals surface area contributed by atoms with Gasteiger partial charge in [0.1, 0.15) is 6.04 Å². The van der Waals surface area contributed by atoms with Crippen LogP contribution in [0, 0.1) is 5.92 Å². The van der Waals surface area contributed by atoms with E-state index in [0.717, 1.165) is 35.1 Å². The predicted molar refractivity (Wildman–Crippen MR) is 151 cm³/mol. The fourth-order valence-corrected chi connectivity index (χ4v) is 3.78. The van der Waals surface area contributed by atoms with E-state index in [0.29, 0.717) is 12.2 Å². The van der Waals surface area contributed by atoms with Crippen molar-refractivity contribution >= 4 is 34.9 Å². The van der Waals surface area contributed by atoms with Crippen LogP contribution in [-0.4, -0.2) is 104 Å². The molecule has 0 aliphatic carbocycles. The number of aliphatic carboxylic acids is 1. The SMILES string of the molecule is CCCCC(=O)N(Cc1ccc(-c2ccccc2-c2nn[nH]n2)cc1)[C@H](C(=O)O)C(C)C.O.O.O.O.O.O.[H-].[H-].[Mg+2]. The van der Waals surface area contributed by atoms with Gasteiger partial charge in [0.2, 0.25) is 11.7 Å². The number of carboxylic acid groups (broad SMARTS) is 1. The van der Waals surface area contributed by atoms with Crippen molar-refractivity contribution < 1.29 is 50.4 Å². The van der Waals surface area contributed by atoms with E-state index >= 15 is 0 Å². The van der Waals surface area contributed by atoms with Crippen LogP contribution >= 0.6 is 0 Å². The Morgan fingerprint density at radius 1 is 0.949 bits per heavy atom. The first kappa shape index (κ1) is 45.9. The summed E-state index contributed by atoms with van der Waals surface area (Å²) in [4.78, 5) is 26.3. The van der Waals surface area contributed by atoms with Gasteiger partial charge < -0.3 is 45.7 Å². The number of rotatable bonds is 10. The Morgan fingerprint density at radius 3 is 1.97 bits per heavy atom. The van der Waals surface area contributed by atoms with Crippen LogP contribution in [0.3, 0.4) is 0 Å². The number of carboxylic acids is 1. The van der Waals surface area contributed by atoms with E-state index in [2.05, 4.69) is 20.6 Å². The maximum Gasteiger partial charge on any atom is 2.00 e. The number of tetrazole rings is 1. The van der Waals surface area contributed by atoms with Crippen molar-refractivity contribution in [2.24, 2.45) is 5.92 Å². The molecule has 0 saturated heterocycles. The van der Waals surface area contributed by atoms with E-state index in [1.54, 1.807) is 0 Å². The molecule has 220 valence electrons. The van der Waals surface area contributed by atoms with Gasteiger partial charge in [-0.15, -0.1) is 10.2 Å². The number of aromatic amines is 1. The molecular weight excluding hydrogens is 527 g/mol. The number of unbranched alkanes of at least 4 members (excludes halogenated alkanes) is 1. The van der Waals surface area contributed by atoms with E-state index in [1.165, 1.54) is 4.90 Å². The van der Waals surface area contributed by atoms with Gasteiger partial charge in [-0.25, -0.2) is 4.79 Å². The molecule has 1 aromatic heterocycles. The molecule has 1 amide bonds. The molecule has 0 spiro atoms. The quantitative estimate of drug-likeness (QED) is 0.290. The Bertz CT molecular complexity index is 1070. The molecule has 2 aromatic carbocycles. The Balaban J connectivity index is -0.000000257. The molecule has 0 radical (unpaired) electrons. The van der Waals surface area contributed by atoms with E-state index in [4.69, 9.17) is 0 Å². The molecule has 1 atom stereocenters. The van der Waals surface area contributed by atoms with Crippen LogP contribution in [0.1, 0.15) is 48.5 Å². The first-order valence-corrected chi connectivity index (χ1v) is 10.9. The number of nitrogens with zero attached hydrogens (tertiary/aromatic N) is 4. The van der Waals surface area contributed by atoms with Crippen LogP contribution in [-0.2, 0) is 16.1 Å². The zero-order valence-corrected chi connectivity index (χ0v) is 23.8. The van der Waals surface area contributed by atoms with Crippen LogP contribution in [0.4, 0.5) is 0 Å². The summed E-state index contributed by atoms with van der Waals surface area (Å²) in [5.74, 6) is -0.784. The molecule has 1 heterocycles. The smallest absolute Gasteiger partial charge is 1.00 e. The summed E-state index contributed by atoms with van der Waals surface area (Å²) in [6, 6.07) is 14.7. The summed E-state index contributed by atoms with van der Waals surface area (Å²) in [7, 11) is 0. The Labute approximate surface area is 245 Å². The van der Waals surface area contributed by atoms with Crippen molar-refractivity contribution in [2.45, 2.75) is 52.6 Å². The van der Waals surface area contributed by atoms with Crippen molar-refractivity contribution in [2.75, 3.05) is 0 Å². The number of aromatic nitrogens is 4. The van der Waals surface area contributed by atoms with Gasteiger partial charge in [-0.3, -0.25) is 4.79 Å². The molecule has 15 heteroatoms. The zero-order chi connectivity index (χ0) is 23.1. The molecule has 0 aliphatic heterocycles. The second kappa shape index (κ2) is 21.9. The fourth-order valence-electron chi connectivity index (χ4n) is 3.78. The molecule has 0 unspecified atom stereocenters. The third-order valence-electron chi connectivity index (χ3n) is 5.42. The second-order valence-electron chi connectivity index (χ2n) is 8.13. The largest absolute Gasteiger partial charge is 2.00 e. The van der Waals surface area contributed by atoms with Gasteiger partial charge in [-0.1, -0.05) is 75.7 Å². The molecule has 0 bridgehead atoms. The third kappa shape index (κ3) is 11.7. The van der Waals surface area contributed by atoms with Gasteiger partial charge in [-0.2, -0.15) is 5.21 Å². The average Bonchev–Trinajstić information content (AvgIpc) is 3.32. The minimum absolute atomic E-state index is 0. The number of H-pyrrole nitrogens is 1. The van der Waals surface area contributed by atoms with Gasteiger partial charge in [0.05, 0.1) is 0 Å².